The number of hydrogen-bond acceptors (Lipinski definition) is 7. The molecule has 0 radical (unpaired) electrons. The highest BCUT2D eigenvalue weighted by molar-refractivity contribution is 5.66. The minimum absolute atomic E-state index is 0.0904. The lowest BCUT2D eigenvalue weighted by Crippen LogP contribution is -2.67. The quantitative estimate of drug-likeness (QED) is 0.103. The number of aliphatic carboxylic acids is 1. The van der Waals surface area contributed by atoms with E-state index in [4.69, 9.17) is 23.7 Å². The molecule has 0 amide bonds. The van der Waals surface area contributed by atoms with Crippen LogP contribution in [-0.2, 0) is 54.9 Å². The summed E-state index contributed by atoms with van der Waals surface area (Å²) in [6.45, 7) is 1.26. The van der Waals surface area contributed by atoms with Crippen molar-refractivity contribution in [1.29, 1.82) is 0 Å². The molecule has 1 heterocycles. The SMILES string of the molecule is O=C(O)CCCCC[C@]1(COCc2ccccc2)OC(O)[C@H](OCc2ccccc2)[C@@H](OCc2ccccc2)[C@@H]1OCc1ccccc1. The highest BCUT2D eigenvalue weighted by Gasteiger charge is 2.56. The largest absolute Gasteiger partial charge is 0.481 e. The molecule has 0 saturated carbocycles. The number of hydrogen-bond donors (Lipinski definition) is 2. The summed E-state index contributed by atoms with van der Waals surface area (Å²) in [5.74, 6) is -0.822. The summed E-state index contributed by atoms with van der Waals surface area (Å²) in [7, 11) is 0. The molecule has 0 aliphatic carbocycles. The van der Waals surface area contributed by atoms with Crippen LogP contribution in [0.3, 0.4) is 0 Å². The molecule has 5 rings (SSSR count). The number of rotatable bonds is 19. The number of aliphatic hydroxyl groups excluding tert-OH is 1. The van der Waals surface area contributed by atoms with Crippen LogP contribution in [-0.4, -0.2) is 53.0 Å². The van der Waals surface area contributed by atoms with Gasteiger partial charge in [-0.3, -0.25) is 4.79 Å². The van der Waals surface area contributed by atoms with Crippen LogP contribution in [0.5, 0.6) is 0 Å². The summed E-state index contributed by atoms with van der Waals surface area (Å²) in [6, 6.07) is 39.4. The van der Waals surface area contributed by atoms with Crippen molar-refractivity contribution in [3.63, 3.8) is 0 Å². The van der Waals surface area contributed by atoms with E-state index in [-0.39, 0.29) is 32.8 Å². The minimum Gasteiger partial charge on any atom is -0.481 e. The molecule has 254 valence electrons. The molecule has 4 aromatic rings. The smallest absolute Gasteiger partial charge is 0.303 e. The zero-order valence-electron chi connectivity index (χ0n) is 27.3. The lowest BCUT2D eigenvalue weighted by molar-refractivity contribution is -0.354. The van der Waals surface area contributed by atoms with Gasteiger partial charge in [0.2, 0.25) is 0 Å². The molecular weight excluding hydrogens is 608 g/mol. The van der Waals surface area contributed by atoms with Crippen LogP contribution >= 0.6 is 0 Å². The molecule has 5 atom stereocenters. The van der Waals surface area contributed by atoms with Crippen molar-refractivity contribution in [3.8, 4) is 0 Å². The van der Waals surface area contributed by atoms with E-state index in [0.717, 1.165) is 22.3 Å². The Bertz CT molecular complexity index is 1470. The van der Waals surface area contributed by atoms with E-state index >= 15 is 0 Å². The fourth-order valence-electron chi connectivity index (χ4n) is 6.09. The van der Waals surface area contributed by atoms with Gasteiger partial charge in [-0.1, -0.05) is 134 Å². The molecule has 48 heavy (non-hydrogen) atoms. The maximum atomic E-state index is 11.7. The standard InChI is InChI=1S/C40H46O8/c41-35(42)24-14-5-15-25-40(30-44-26-31-16-6-1-7-17-31)38(47-29-34-22-12-4-13-23-34)36(45-27-32-18-8-2-9-19-32)37(39(43)48-40)46-28-33-20-10-3-11-21-33/h1-4,6-13,16-23,36-39,43H,5,14-15,24-30H2,(H,41,42)/t36-,37-,38+,39?,40-/m1/s1. The van der Waals surface area contributed by atoms with Crippen molar-refractivity contribution in [2.75, 3.05) is 6.61 Å². The number of ether oxygens (including phenoxy) is 5. The number of aliphatic hydroxyl groups is 1. The van der Waals surface area contributed by atoms with Crippen LogP contribution in [0.25, 0.3) is 0 Å². The summed E-state index contributed by atoms with van der Waals surface area (Å²) in [5.41, 5.74) is 2.79. The maximum absolute atomic E-state index is 11.7. The molecule has 8 nitrogen and oxygen atoms in total. The highest BCUT2D eigenvalue weighted by atomic mass is 16.7. The van der Waals surface area contributed by atoms with Gasteiger partial charge in [0, 0.05) is 6.42 Å². The number of benzene rings is 4. The molecule has 1 unspecified atom stereocenters. The number of unbranched alkanes of at least 4 members (excludes halogenated alkanes) is 2. The lowest BCUT2D eigenvalue weighted by atomic mass is 9.82. The fourth-order valence-corrected chi connectivity index (χ4v) is 6.09. The molecule has 2 N–H and O–H groups in total. The van der Waals surface area contributed by atoms with Gasteiger partial charge in [0.15, 0.2) is 6.29 Å². The van der Waals surface area contributed by atoms with Gasteiger partial charge >= 0.3 is 5.97 Å². The Balaban J connectivity index is 1.47. The third-order valence-corrected chi connectivity index (χ3v) is 8.57. The van der Waals surface area contributed by atoms with E-state index in [1.165, 1.54) is 0 Å². The van der Waals surface area contributed by atoms with Crippen molar-refractivity contribution in [1.82, 2.24) is 0 Å². The van der Waals surface area contributed by atoms with Gasteiger partial charge in [-0.15, -0.1) is 0 Å². The molecule has 4 aromatic carbocycles. The van der Waals surface area contributed by atoms with Gasteiger partial charge in [0.25, 0.3) is 0 Å². The van der Waals surface area contributed by atoms with Crippen LogP contribution in [0.15, 0.2) is 121 Å². The molecule has 1 aliphatic heterocycles. The first kappa shape index (κ1) is 35.4. The van der Waals surface area contributed by atoms with Crippen molar-refractivity contribution in [3.05, 3.63) is 144 Å². The van der Waals surface area contributed by atoms with Gasteiger partial charge in [0.05, 0.1) is 33.0 Å². The van der Waals surface area contributed by atoms with Crippen LogP contribution in [0.4, 0.5) is 0 Å². The summed E-state index contributed by atoms with van der Waals surface area (Å²) in [6.07, 6.45) is -1.27. The average molecular weight is 655 g/mol. The van der Waals surface area contributed by atoms with Crippen LogP contribution in [0.1, 0.15) is 54.4 Å². The first-order valence-electron chi connectivity index (χ1n) is 16.7. The summed E-state index contributed by atoms with van der Waals surface area (Å²) >= 11 is 0. The summed E-state index contributed by atoms with van der Waals surface area (Å²) in [5, 5.41) is 20.9. The van der Waals surface area contributed by atoms with Gasteiger partial charge in [-0.25, -0.2) is 0 Å². The van der Waals surface area contributed by atoms with E-state index < -0.39 is 36.2 Å². The Morgan fingerprint density at radius 1 is 0.604 bits per heavy atom. The van der Waals surface area contributed by atoms with Gasteiger partial charge in [-0.2, -0.15) is 0 Å². The molecule has 1 aliphatic rings. The topological polar surface area (TPSA) is 104 Å². The lowest BCUT2D eigenvalue weighted by Gasteiger charge is -2.51. The van der Waals surface area contributed by atoms with E-state index in [1.807, 2.05) is 121 Å². The second-order valence-electron chi connectivity index (χ2n) is 12.2. The molecule has 0 spiro atoms. The zero-order valence-corrected chi connectivity index (χ0v) is 27.3. The van der Waals surface area contributed by atoms with Crippen molar-refractivity contribution in [2.45, 2.75) is 88.7 Å². The third kappa shape index (κ3) is 10.6. The number of carbonyl (C=O) groups is 1. The summed E-state index contributed by atoms with van der Waals surface area (Å²) in [4.78, 5) is 11.2. The Kier molecular flexibility index (Phi) is 13.7. The molecule has 1 saturated heterocycles. The van der Waals surface area contributed by atoms with E-state index in [2.05, 4.69) is 0 Å². The second-order valence-corrected chi connectivity index (χ2v) is 12.2. The van der Waals surface area contributed by atoms with Crippen LogP contribution < -0.4 is 0 Å². The van der Waals surface area contributed by atoms with Gasteiger partial charge in [0.1, 0.15) is 23.9 Å². The first-order valence-corrected chi connectivity index (χ1v) is 16.7. The molecule has 8 heteroatoms. The highest BCUT2D eigenvalue weighted by Crippen LogP contribution is 2.40. The number of carboxylic acid groups (broad SMARTS) is 1. The van der Waals surface area contributed by atoms with Crippen LogP contribution in [0.2, 0.25) is 0 Å². The van der Waals surface area contributed by atoms with Crippen molar-refractivity contribution in [2.24, 2.45) is 0 Å². The zero-order chi connectivity index (χ0) is 33.4. The Morgan fingerprint density at radius 3 is 1.56 bits per heavy atom. The normalized spacial score (nSPS) is 22.4. The third-order valence-electron chi connectivity index (χ3n) is 8.57. The van der Waals surface area contributed by atoms with E-state index in [1.54, 1.807) is 0 Å². The predicted molar refractivity (Wildman–Crippen MR) is 182 cm³/mol. The second kappa shape index (κ2) is 18.6. The summed E-state index contributed by atoms with van der Waals surface area (Å²) < 4.78 is 32.9. The molecule has 0 bridgehead atoms. The van der Waals surface area contributed by atoms with E-state index in [0.29, 0.717) is 32.3 Å². The van der Waals surface area contributed by atoms with Crippen LogP contribution in [0, 0.1) is 0 Å². The monoisotopic (exact) mass is 654 g/mol. The molecular formula is C40H46O8. The minimum atomic E-state index is -1.34. The average Bonchev–Trinajstić information content (AvgIpc) is 3.11. The molecule has 0 aromatic heterocycles. The van der Waals surface area contributed by atoms with Crippen molar-refractivity contribution < 1.29 is 38.7 Å². The fraction of sp³-hybridized carbons (Fsp3) is 0.375. The Hall–Kier alpha value is -3.89. The Morgan fingerprint density at radius 2 is 1.06 bits per heavy atom. The maximum Gasteiger partial charge on any atom is 0.303 e. The Labute approximate surface area is 283 Å². The predicted octanol–water partition coefficient (Wildman–Crippen LogP) is 7.08. The first-order chi connectivity index (χ1) is 23.5. The van der Waals surface area contributed by atoms with E-state index in [9.17, 15) is 15.0 Å². The van der Waals surface area contributed by atoms with Gasteiger partial charge in [-0.05, 0) is 35.1 Å². The molecule has 1 fully saturated rings. The van der Waals surface area contributed by atoms with Gasteiger partial charge < -0.3 is 33.9 Å². The number of carboxylic acids is 1. The van der Waals surface area contributed by atoms with Crippen molar-refractivity contribution >= 4 is 5.97 Å².